The highest BCUT2D eigenvalue weighted by atomic mass is 16.1. The van der Waals surface area contributed by atoms with E-state index in [2.05, 4.69) is 48.3 Å². The fraction of sp³-hybridized carbons (Fsp3) is 0.375. The van der Waals surface area contributed by atoms with Crippen molar-refractivity contribution in [1.82, 2.24) is 30.8 Å². The van der Waals surface area contributed by atoms with Gasteiger partial charge in [-0.25, -0.2) is 9.97 Å². The summed E-state index contributed by atoms with van der Waals surface area (Å²) in [6, 6.07) is 14.0. The number of fused-ring (bicyclic) bond motifs is 1. The number of likely N-dealkylation sites (N-methyl/N-ethyl adjacent to an activating group) is 1. The fourth-order valence-corrected chi connectivity index (χ4v) is 4.04. The SMILES string of the molecule is CNCCN1CCC(NC(=O)c2ccc3c(Nc4ccc(CNC)cc4)ncnc3c2)C1. The number of carbonyl (C=O) groups excluding carboxylic acids is 1. The zero-order valence-electron chi connectivity index (χ0n) is 18.7. The lowest BCUT2D eigenvalue weighted by Crippen LogP contribution is -2.38. The minimum absolute atomic E-state index is 0.0550. The van der Waals surface area contributed by atoms with Crippen LogP contribution >= 0.6 is 0 Å². The lowest BCUT2D eigenvalue weighted by atomic mass is 10.1. The third-order valence-electron chi connectivity index (χ3n) is 5.78. The first-order valence-corrected chi connectivity index (χ1v) is 11.1. The fourth-order valence-electron chi connectivity index (χ4n) is 4.04. The van der Waals surface area contributed by atoms with Crippen LogP contribution in [0.3, 0.4) is 0 Å². The van der Waals surface area contributed by atoms with Crippen LogP contribution in [0.2, 0.25) is 0 Å². The summed E-state index contributed by atoms with van der Waals surface area (Å²) in [6.07, 6.45) is 2.50. The minimum Gasteiger partial charge on any atom is -0.348 e. The zero-order chi connectivity index (χ0) is 22.3. The second-order valence-corrected chi connectivity index (χ2v) is 8.17. The number of amides is 1. The molecule has 1 aromatic heterocycles. The van der Waals surface area contributed by atoms with Gasteiger partial charge in [-0.1, -0.05) is 12.1 Å². The Bertz CT molecular complexity index is 1050. The molecule has 168 valence electrons. The summed E-state index contributed by atoms with van der Waals surface area (Å²) in [7, 11) is 3.89. The van der Waals surface area contributed by atoms with Gasteiger partial charge in [0.1, 0.15) is 12.1 Å². The van der Waals surface area contributed by atoms with Crippen molar-refractivity contribution in [2.24, 2.45) is 0 Å². The van der Waals surface area contributed by atoms with Gasteiger partial charge in [0.25, 0.3) is 5.91 Å². The predicted molar refractivity (Wildman–Crippen MR) is 128 cm³/mol. The van der Waals surface area contributed by atoms with E-state index in [1.54, 1.807) is 0 Å². The number of rotatable bonds is 9. The molecule has 1 saturated heterocycles. The predicted octanol–water partition coefficient (Wildman–Crippen LogP) is 2.12. The maximum absolute atomic E-state index is 12.8. The summed E-state index contributed by atoms with van der Waals surface area (Å²) in [5.41, 5.74) is 3.53. The van der Waals surface area contributed by atoms with Crippen LogP contribution in [0.15, 0.2) is 48.8 Å². The summed E-state index contributed by atoms with van der Waals surface area (Å²) in [5.74, 6) is 0.667. The van der Waals surface area contributed by atoms with Gasteiger partial charge in [-0.05, 0) is 56.4 Å². The lowest BCUT2D eigenvalue weighted by Gasteiger charge is -2.16. The molecule has 4 N–H and O–H groups in total. The van der Waals surface area contributed by atoms with E-state index in [-0.39, 0.29) is 11.9 Å². The van der Waals surface area contributed by atoms with Gasteiger partial charge in [-0.3, -0.25) is 9.69 Å². The van der Waals surface area contributed by atoms with Crippen LogP contribution in [-0.2, 0) is 6.54 Å². The highest BCUT2D eigenvalue weighted by Crippen LogP contribution is 2.24. The molecule has 0 spiro atoms. The second kappa shape index (κ2) is 10.5. The Hall–Kier alpha value is -3.07. The van der Waals surface area contributed by atoms with E-state index in [1.807, 2.05) is 44.4 Å². The maximum Gasteiger partial charge on any atom is 0.251 e. The summed E-state index contributed by atoms with van der Waals surface area (Å²) in [5, 5.41) is 13.7. The van der Waals surface area contributed by atoms with Gasteiger partial charge in [0.2, 0.25) is 0 Å². The standard InChI is InChI=1S/C24H31N7O/c1-25-10-12-31-11-9-20(15-31)30-24(32)18-5-8-21-22(13-18)27-16-28-23(21)29-19-6-3-17(4-7-19)14-26-2/h3-8,13,16,20,25-26H,9-12,14-15H2,1-2H3,(H,30,32)(H,27,28,29). The van der Waals surface area contributed by atoms with E-state index in [0.29, 0.717) is 5.56 Å². The van der Waals surface area contributed by atoms with Gasteiger partial charge in [0.05, 0.1) is 5.52 Å². The van der Waals surface area contributed by atoms with E-state index in [1.165, 1.54) is 11.9 Å². The number of benzene rings is 2. The molecule has 3 aromatic rings. The Morgan fingerprint density at radius 3 is 2.72 bits per heavy atom. The molecule has 1 aliphatic heterocycles. The quantitative estimate of drug-likeness (QED) is 0.411. The molecule has 1 atom stereocenters. The van der Waals surface area contributed by atoms with Crippen LogP contribution in [0.1, 0.15) is 22.3 Å². The lowest BCUT2D eigenvalue weighted by molar-refractivity contribution is 0.0938. The molecule has 1 fully saturated rings. The summed E-state index contributed by atoms with van der Waals surface area (Å²) >= 11 is 0. The van der Waals surface area contributed by atoms with Crippen molar-refractivity contribution in [3.8, 4) is 0 Å². The van der Waals surface area contributed by atoms with Crippen molar-refractivity contribution in [3.63, 3.8) is 0 Å². The van der Waals surface area contributed by atoms with Crippen molar-refractivity contribution in [3.05, 3.63) is 59.9 Å². The highest BCUT2D eigenvalue weighted by molar-refractivity contribution is 6.00. The first-order chi connectivity index (χ1) is 15.7. The van der Waals surface area contributed by atoms with Crippen LogP contribution in [0, 0.1) is 0 Å². The number of nitrogens with one attached hydrogen (secondary N) is 4. The normalized spacial score (nSPS) is 16.4. The van der Waals surface area contributed by atoms with E-state index in [9.17, 15) is 4.79 Å². The molecule has 0 saturated carbocycles. The largest absolute Gasteiger partial charge is 0.348 e. The summed E-state index contributed by atoms with van der Waals surface area (Å²) in [4.78, 5) is 24.0. The summed E-state index contributed by atoms with van der Waals surface area (Å²) in [6.45, 7) is 4.70. The van der Waals surface area contributed by atoms with Gasteiger partial charge in [-0.15, -0.1) is 0 Å². The van der Waals surface area contributed by atoms with Crippen LogP contribution in [-0.4, -0.2) is 67.1 Å². The van der Waals surface area contributed by atoms with Crippen LogP contribution < -0.4 is 21.3 Å². The molecule has 1 amide bonds. The van der Waals surface area contributed by atoms with E-state index in [4.69, 9.17) is 0 Å². The Morgan fingerprint density at radius 2 is 1.94 bits per heavy atom. The third kappa shape index (κ3) is 5.40. The van der Waals surface area contributed by atoms with Crippen molar-refractivity contribution >= 4 is 28.3 Å². The van der Waals surface area contributed by atoms with Gasteiger partial charge < -0.3 is 21.3 Å². The molecule has 0 bridgehead atoms. The maximum atomic E-state index is 12.8. The number of likely N-dealkylation sites (tertiary alicyclic amines) is 1. The number of aromatic nitrogens is 2. The second-order valence-electron chi connectivity index (χ2n) is 8.17. The monoisotopic (exact) mass is 433 g/mol. The van der Waals surface area contributed by atoms with Gasteiger partial charge in [0, 0.05) is 55.4 Å². The molecule has 8 nitrogen and oxygen atoms in total. The first kappa shape index (κ1) is 22.1. The van der Waals surface area contributed by atoms with Gasteiger partial charge in [0.15, 0.2) is 0 Å². The molecule has 1 aliphatic rings. The Balaban J connectivity index is 1.44. The first-order valence-electron chi connectivity index (χ1n) is 11.1. The molecule has 2 heterocycles. The van der Waals surface area contributed by atoms with Crippen molar-refractivity contribution in [2.75, 3.05) is 45.6 Å². The molecule has 32 heavy (non-hydrogen) atoms. The molecule has 0 aliphatic carbocycles. The van der Waals surface area contributed by atoms with Crippen molar-refractivity contribution < 1.29 is 4.79 Å². The minimum atomic E-state index is -0.0550. The van der Waals surface area contributed by atoms with E-state index < -0.39 is 0 Å². The average molecular weight is 434 g/mol. The molecule has 2 aromatic carbocycles. The highest BCUT2D eigenvalue weighted by Gasteiger charge is 2.23. The molecule has 1 unspecified atom stereocenters. The topological polar surface area (TPSA) is 94.2 Å². The molecular formula is C24H31N7O. The molecular weight excluding hydrogens is 402 g/mol. The number of hydrogen-bond acceptors (Lipinski definition) is 7. The van der Waals surface area contributed by atoms with Crippen LogP contribution in [0.5, 0.6) is 0 Å². The molecule has 4 rings (SSSR count). The van der Waals surface area contributed by atoms with Crippen LogP contribution in [0.25, 0.3) is 10.9 Å². The van der Waals surface area contributed by atoms with Crippen molar-refractivity contribution in [2.45, 2.75) is 19.0 Å². The van der Waals surface area contributed by atoms with Gasteiger partial charge >= 0.3 is 0 Å². The average Bonchev–Trinajstić information content (AvgIpc) is 3.26. The Kier molecular flexibility index (Phi) is 7.26. The summed E-state index contributed by atoms with van der Waals surface area (Å²) < 4.78 is 0. The van der Waals surface area contributed by atoms with E-state index >= 15 is 0 Å². The van der Waals surface area contributed by atoms with Crippen molar-refractivity contribution in [1.29, 1.82) is 0 Å². The zero-order valence-corrected chi connectivity index (χ0v) is 18.7. The van der Waals surface area contributed by atoms with Crippen LogP contribution in [0.4, 0.5) is 11.5 Å². The smallest absolute Gasteiger partial charge is 0.251 e. The molecule has 0 radical (unpaired) electrons. The van der Waals surface area contributed by atoms with E-state index in [0.717, 1.165) is 61.6 Å². The van der Waals surface area contributed by atoms with Gasteiger partial charge in [-0.2, -0.15) is 0 Å². The Labute approximate surface area is 188 Å². The molecule has 8 heteroatoms. The Morgan fingerprint density at radius 1 is 1.09 bits per heavy atom. The number of nitrogens with zero attached hydrogens (tertiary/aromatic N) is 3. The third-order valence-corrected chi connectivity index (χ3v) is 5.78. The number of hydrogen-bond donors (Lipinski definition) is 4. The number of anilines is 2. The number of carbonyl (C=O) groups is 1.